The van der Waals surface area contributed by atoms with Gasteiger partial charge in [-0.1, -0.05) is 0 Å². The molecule has 4 aliphatic heterocycles. The van der Waals surface area contributed by atoms with Crippen LogP contribution in [0.25, 0.3) is 10.9 Å². The van der Waals surface area contributed by atoms with Crippen molar-refractivity contribution in [3.63, 3.8) is 0 Å². The van der Waals surface area contributed by atoms with Gasteiger partial charge in [-0.05, 0) is 44.0 Å². The first kappa shape index (κ1) is 13.4. The second kappa shape index (κ2) is 4.71. The summed E-state index contributed by atoms with van der Waals surface area (Å²) in [4.78, 5) is 17.7. The molecule has 0 aliphatic carbocycles. The summed E-state index contributed by atoms with van der Waals surface area (Å²) in [5.74, 6) is 0.794. The number of nitrogens with zero attached hydrogens (tertiary/aromatic N) is 4. The van der Waals surface area contributed by atoms with Crippen LogP contribution in [-0.4, -0.2) is 62.8 Å². The molecule has 6 heteroatoms. The van der Waals surface area contributed by atoms with Crippen molar-refractivity contribution < 1.29 is 9.90 Å². The van der Waals surface area contributed by atoms with Crippen LogP contribution in [0.2, 0.25) is 0 Å². The molecular formula is C17H20N4O2. The van der Waals surface area contributed by atoms with Crippen molar-refractivity contribution >= 4 is 16.8 Å². The first-order valence-electron chi connectivity index (χ1n) is 8.42. The lowest BCUT2D eigenvalue weighted by atomic mass is 9.83. The molecule has 0 radical (unpaired) electrons. The lowest BCUT2D eigenvalue weighted by Gasteiger charge is -2.48. The molecule has 3 saturated heterocycles. The molecule has 6 rings (SSSR count). The second-order valence-corrected chi connectivity index (χ2v) is 7.00. The van der Waals surface area contributed by atoms with Crippen LogP contribution in [-0.2, 0) is 6.54 Å². The molecule has 2 aromatic rings. The van der Waals surface area contributed by atoms with E-state index in [1.54, 1.807) is 18.3 Å². The van der Waals surface area contributed by atoms with Crippen LogP contribution in [0.3, 0.4) is 0 Å². The van der Waals surface area contributed by atoms with Gasteiger partial charge in [-0.25, -0.2) is 0 Å². The Morgan fingerprint density at radius 3 is 2.70 bits per heavy atom. The summed E-state index contributed by atoms with van der Waals surface area (Å²) in [5.41, 5.74) is 1.45. The number of amides is 1. The van der Waals surface area contributed by atoms with E-state index in [0.29, 0.717) is 24.1 Å². The standard InChI is InChI=1S/C17H20N4O2/c22-13-7-12-9-18-21-6-5-20(17(23)14(8-13)16(12)21)15-10-19-3-1-11(15)2-4-19/h7-9,11,15,22H,1-6,10H2/t15-/m1/s1. The van der Waals surface area contributed by atoms with Crippen LogP contribution in [0, 0.1) is 5.92 Å². The maximum atomic E-state index is 13.2. The molecule has 1 aromatic carbocycles. The molecule has 2 bridgehead atoms. The molecule has 1 atom stereocenters. The number of carbonyl (C=O) groups excluding carboxylic acids is 1. The zero-order valence-electron chi connectivity index (χ0n) is 13.0. The summed E-state index contributed by atoms with van der Waals surface area (Å²) in [6.07, 6.45) is 4.11. The first-order valence-corrected chi connectivity index (χ1v) is 8.42. The van der Waals surface area contributed by atoms with Crippen LogP contribution < -0.4 is 0 Å². The fourth-order valence-electron chi connectivity index (χ4n) is 4.61. The number of rotatable bonds is 1. The summed E-state index contributed by atoms with van der Waals surface area (Å²) in [5, 5.41) is 15.2. The van der Waals surface area contributed by atoms with Crippen molar-refractivity contribution in [1.29, 1.82) is 0 Å². The minimum Gasteiger partial charge on any atom is -0.508 e. The number of phenols is 1. The highest BCUT2D eigenvalue weighted by Gasteiger charge is 2.40. The number of benzene rings is 1. The minimum atomic E-state index is 0.0453. The normalized spacial score (nSPS) is 30.0. The number of aromatic hydroxyl groups is 1. The average molecular weight is 312 g/mol. The fourth-order valence-corrected chi connectivity index (χ4v) is 4.61. The first-order chi connectivity index (χ1) is 11.2. The van der Waals surface area contributed by atoms with Gasteiger partial charge in [0.05, 0.1) is 23.8 Å². The predicted molar refractivity (Wildman–Crippen MR) is 85.4 cm³/mol. The summed E-state index contributed by atoms with van der Waals surface area (Å²) >= 11 is 0. The molecule has 1 amide bonds. The Hall–Kier alpha value is -2.08. The second-order valence-electron chi connectivity index (χ2n) is 7.00. The Kier molecular flexibility index (Phi) is 2.74. The van der Waals surface area contributed by atoms with E-state index in [2.05, 4.69) is 10.00 Å². The predicted octanol–water partition coefficient (Wildman–Crippen LogP) is 1.29. The molecule has 1 aromatic heterocycles. The van der Waals surface area contributed by atoms with E-state index in [1.807, 2.05) is 9.58 Å². The third kappa shape index (κ3) is 1.91. The lowest BCUT2D eigenvalue weighted by Crippen LogP contribution is -2.58. The summed E-state index contributed by atoms with van der Waals surface area (Å²) in [6, 6.07) is 3.58. The summed E-state index contributed by atoms with van der Waals surface area (Å²) in [7, 11) is 0. The Morgan fingerprint density at radius 2 is 1.96 bits per heavy atom. The van der Waals surface area contributed by atoms with Gasteiger partial charge in [0.15, 0.2) is 0 Å². The number of hydrogen-bond acceptors (Lipinski definition) is 4. The number of hydrogen-bond donors (Lipinski definition) is 1. The molecule has 120 valence electrons. The number of phenolic OH excluding ortho intramolecular Hbond substituents is 1. The Morgan fingerprint density at radius 1 is 1.13 bits per heavy atom. The van der Waals surface area contributed by atoms with E-state index in [-0.39, 0.29) is 11.7 Å². The Balaban J connectivity index is 1.58. The molecule has 6 nitrogen and oxygen atoms in total. The van der Waals surface area contributed by atoms with Crippen molar-refractivity contribution in [2.75, 3.05) is 26.2 Å². The van der Waals surface area contributed by atoms with Crippen LogP contribution >= 0.6 is 0 Å². The van der Waals surface area contributed by atoms with Crippen molar-refractivity contribution in [2.24, 2.45) is 5.92 Å². The zero-order valence-corrected chi connectivity index (χ0v) is 13.0. The van der Waals surface area contributed by atoms with Crippen molar-refractivity contribution in [1.82, 2.24) is 19.6 Å². The van der Waals surface area contributed by atoms with E-state index in [1.165, 1.54) is 25.9 Å². The Labute approximate surface area is 134 Å². The van der Waals surface area contributed by atoms with E-state index >= 15 is 0 Å². The molecule has 0 saturated carbocycles. The van der Waals surface area contributed by atoms with E-state index < -0.39 is 0 Å². The maximum absolute atomic E-state index is 13.2. The fraction of sp³-hybridized carbons (Fsp3) is 0.529. The molecule has 1 N–H and O–H groups in total. The molecule has 3 fully saturated rings. The highest BCUT2D eigenvalue weighted by molar-refractivity contribution is 6.06. The van der Waals surface area contributed by atoms with Gasteiger partial charge in [0.2, 0.25) is 0 Å². The lowest BCUT2D eigenvalue weighted by molar-refractivity contribution is 0.00705. The molecule has 5 heterocycles. The van der Waals surface area contributed by atoms with Crippen LogP contribution in [0.15, 0.2) is 18.3 Å². The van der Waals surface area contributed by atoms with Crippen molar-refractivity contribution in [2.45, 2.75) is 25.4 Å². The monoisotopic (exact) mass is 312 g/mol. The number of aromatic nitrogens is 2. The topological polar surface area (TPSA) is 61.6 Å². The number of fused-ring (bicyclic) bond motifs is 3. The third-order valence-corrected chi connectivity index (χ3v) is 5.78. The van der Waals surface area contributed by atoms with Crippen LogP contribution in [0.1, 0.15) is 23.2 Å². The van der Waals surface area contributed by atoms with Crippen LogP contribution in [0.5, 0.6) is 5.75 Å². The van der Waals surface area contributed by atoms with E-state index in [4.69, 9.17) is 0 Å². The highest BCUT2D eigenvalue weighted by atomic mass is 16.3. The van der Waals surface area contributed by atoms with Crippen LogP contribution in [0.4, 0.5) is 0 Å². The van der Waals surface area contributed by atoms with Gasteiger partial charge >= 0.3 is 0 Å². The highest BCUT2D eigenvalue weighted by Crippen LogP contribution is 2.34. The molecular weight excluding hydrogens is 292 g/mol. The van der Waals surface area contributed by atoms with E-state index in [0.717, 1.165) is 24.0 Å². The van der Waals surface area contributed by atoms with Gasteiger partial charge in [-0.15, -0.1) is 0 Å². The SMILES string of the molecule is O=C1c2cc(O)cc3cnn(c23)CCN1[C@@H]1CN2CCC1CC2. The van der Waals surface area contributed by atoms with Gasteiger partial charge in [0.1, 0.15) is 5.75 Å². The average Bonchev–Trinajstić information content (AvgIpc) is 2.91. The smallest absolute Gasteiger partial charge is 0.256 e. The van der Waals surface area contributed by atoms with Gasteiger partial charge in [-0.3, -0.25) is 9.48 Å². The van der Waals surface area contributed by atoms with Gasteiger partial charge in [-0.2, -0.15) is 5.10 Å². The summed E-state index contributed by atoms with van der Waals surface area (Å²) < 4.78 is 1.91. The quantitative estimate of drug-likeness (QED) is 0.862. The minimum absolute atomic E-state index is 0.0453. The maximum Gasteiger partial charge on any atom is 0.256 e. The Bertz CT molecular complexity index is 791. The third-order valence-electron chi connectivity index (χ3n) is 5.78. The van der Waals surface area contributed by atoms with Crippen molar-refractivity contribution in [3.05, 3.63) is 23.9 Å². The molecule has 0 spiro atoms. The number of piperidine rings is 3. The molecule has 23 heavy (non-hydrogen) atoms. The van der Waals surface area contributed by atoms with Gasteiger partial charge in [0, 0.05) is 24.5 Å². The molecule has 0 unspecified atom stereocenters. The van der Waals surface area contributed by atoms with E-state index in [9.17, 15) is 9.90 Å². The van der Waals surface area contributed by atoms with Crippen molar-refractivity contribution in [3.8, 4) is 5.75 Å². The van der Waals surface area contributed by atoms with Gasteiger partial charge < -0.3 is 14.9 Å². The number of carbonyl (C=O) groups is 1. The largest absolute Gasteiger partial charge is 0.508 e. The van der Waals surface area contributed by atoms with Gasteiger partial charge in [0.25, 0.3) is 5.91 Å². The zero-order chi connectivity index (χ0) is 15.6. The molecule has 4 aliphatic rings. The summed E-state index contributed by atoms with van der Waals surface area (Å²) in [6.45, 7) is 4.74.